The fourth-order valence-electron chi connectivity index (χ4n) is 3.37. The Morgan fingerprint density at radius 1 is 0.958 bits per heavy atom. The van der Waals surface area contributed by atoms with Crippen LogP contribution in [0.15, 0.2) is 60.7 Å². The number of aryl methyl sites for hydroxylation is 1. The molecule has 1 aliphatic carbocycles. The van der Waals surface area contributed by atoms with Crippen molar-refractivity contribution in [1.29, 1.82) is 0 Å². The maximum atomic E-state index is 12.9. The van der Waals surface area contributed by atoms with Crippen LogP contribution < -0.4 is 4.90 Å². The Bertz CT molecular complexity index is 682. The molecule has 3 rings (SSSR count). The number of carbonyl (C=O) groups is 1. The van der Waals surface area contributed by atoms with Crippen molar-refractivity contribution in [3.05, 3.63) is 71.8 Å². The minimum atomic E-state index is 0.0775. The fraction of sp³-hybridized carbons (Fsp3) is 0.318. The van der Waals surface area contributed by atoms with E-state index in [-0.39, 0.29) is 5.91 Å². The summed E-state index contributed by atoms with van der Waals surface area (Å²) < 4.78 is 0. The summed E-state index contributed by atoms with van der Waals surface area (Å²) in [5.41, 5.74) is 3.29. The van der Waals surface area contributed by atoms with Crippen LogP contribution in [0.5, 0.6) is 0 Å². The number of nitrogens with zero attached hydrogens (tertiary/aromatic N) is 1. The van der Waals surface area contributed by atoms with E-state index in [0.29, 0.717) is 6.04 Å². The summed E-state index contributed by atoms with van der Waals surface area (Å²) in [5, 5.41) is 0. The van der Waals surface area contributed by atoms with Crippen molar-refractivity contribution in [1.82, 2.24) is 0 Å². The van der Waals surface area contributed by atoms with E-state index in [2.05, 4.69) is 19.1 Å². The normalized spacial score (nSPS) is 15.5. The third-order valence-corrected chi connectivity index (χ3v) is 4.71. The van der Waals surface area contributed by atoms with Crippen LogP contribution in [0.4, 0.5) is 5.69 Å². The van der Waals surface area contributed by atoms with Crippen LogP contribution in [-0.4, -0.2) is 11.9 Å². The maximum Gasteiger partial charge on any atom is 0.251 e. The summed E-state index contributed by atoms with van der Waals surface area (Å²) in [6.45, 7) is 2.07. The van der Waals surface area contributed by atoms with Gasteiger partial charge in [0.25, 0.3) is 5.91 Å². The van der Waals surface area contributed by atoms with E-state index in [0.717, 1.165) is 24.1 Å². The average molecular weight is 319 g/mol. The molecule has 0 unspecified atom stereocenters. The molecule has 1 aliphatic rings. The minimum Gasteiger partial charge on any atom is -0.306 e. The Balaban J connectivity index is 1.81. The van der Waals surface area contributed by atoms with Crippen molar-refractivity contribution in [3.63, 3.8) is 0 Å². The molecule has 0 aliphatic heterocycles. The summed E-state index contributed by atoms with van der Waals surface area (Å²) in [6, 6.07) is 18.6. The number of anilines is 1. The number of rotatable bonds is 4. The number of hydrogen-bond donors (Lipinski definition) is 0. The number of para-hydroxylation sites is 1. The number of amides is 1. The Kier molecular flexibility index (Phi) is 5.47. The van der Waals surface area contributed by atoms with Gasteiger partial charge in [0.15, 0.2) is 0 Å². The van der Waals surface area contributed by atoms with Gasteiger partial charge in [0, 0.05) is 17.8 Å². The monoisotopic (exact) mass is 319 g/mol. The van der Waals surface area contributed by atoms with E-state index < -0.39 is 0 Å². The molecule has 1 saturated carbocycles. The molecular formula is C22H25NO. The van der Waals surface area contributed by atoms with E-state index in [1.165, 1.54) is 24.8 Å². The highest BCUT2D eigenvalue weighted by atomic mass is 16.2. The lowest BCUT2D eigenvalue weighted by atomic mass is 9.93. The second kappa shape index (κ2) is 7.96. The number of benzene rings is 2. The third-order valence-electron chi connectivity index (χ3n) is 4.71. The number of hydrogen-bond acceptors (Lipinski definition) is 1. The molecule has 0 spiro atoms. The van der Waals surface area contributed by atoms with Gasteiger partial charge < -0.3 is 4.90 Å². The zero-order valence-electron chi connectivity index (χ0n) is 14.3. The van der Waals surface area contributed by atoms with E-state index in [4.69, 9.17) is 0 Å². The van der Waals surface area contributed by atoms with Gasteiger partial charge in [0.2, 0.25) is 0 Å². The van der Waals surface area contributed by atoms with Gasteiger partial charge in [-0.3, -0.25) is 4.79 Å². The lowest BCUT2D eigenvalue weighted by molar-refractivity contribution is -0.114. The average Bonchev–Trinajstić information content (AvgIpc) is 2.63. The van der Waals surface area contributed by atoms with Crippen molar-refractivity contribution in [2.75, 3.05) is 4.90 Å². The van der Waals surface area contributed by atoms with Crippen LogP contribution >= 0.6 is 0 Å². The number of carbonyl (C=O) groups excluding carboxylic acids is 1. The van der Waals surface area contributed by atoms with Gasteiger partial charge >= 0.3 is 0 Å². The van der Waals surface area contributed by atoms with Crippen LogP contribution in [0.3, 0.4) is 0 Å². The van der Waals surface area contributed by atoms with Gasteiger partial charge in [-0.15, -0.1) is 0 Å². The van der Waals surface area contributed by atoms with Gasteiger partial charge in [-0.05, 0) is 43.5 Å². The van der Waals surface area contributed by atoms with Crippen LogP contribution in [0.25, 0.3) is 6.08 Å². The highest BCUT2D eigenvalue weighted by Crippen LogP contribution is 2.27. The highest BCUT2D eigenvalue weighted by Gasteiger charge is 2.25. The quantitative estimate of drug-likeness (QED) is 0.693. The van der Waals surface area contributed by atoms with Gasteiger partial charge in [-0.1, -0.05) is 67.3 Å². The summed E-state index contributed by atoms with van der Waals surface area (Å²) in [4.78, 5) is 14.9. The van der Waals surface area contributed by atoms with E-state index in [1.807, 2.05) is 53.4 Å². The van der Waals surface area contributed by atoms with Gasteiger partial charge in [0.05, 0.1) is 0 Å². The summed E-state index contributed by atoms with van der Waals surface area (Å²) in [7, 11) is 0. The Morgan fingerprint density at radius 3 is 2.29 bits per heavy atom. The van der Waals surface area contributed by atoms with Gasteiger partial charge in [-0.2, -0.15) is 0 Å². The fourth-order valence-corrected chi connectivity index (χ4v) is 3.37. The van der Waals surface area contributed by atoms with E-state index >= 15 is 0 Å². The molecule has 0 heterocycles. The first-order chi connectivity index (χ1) is 11.7. The Hall–Kier alpha value is -2.35. The van der Waals surface area contributed by atoms with Gasteiger partial charge in [0.1, 0.15) is 0 Å². The summed E-state index contributed by atoms with van der Waals surface area (Å²) in [6.07, 6.45) is 9.53. The van der Waals surface area contributed by atoms with Gasteiger partial charge in [-0.25, -0.2) is 0 Å². The first-order valence-corrected chi connectivity index (χ1v) is 8.87. The molecule has 0 saturated heterocycles. The second-order valence-corrected chi connectivity index (χ2v) is 6.58. The molecule has 2 heteroatoms. The smallest absolute Gasteiger partial charge is 0.251 e. The summed E-state index contributed by atoms with van der Waals surface area (Å²) >= 11 is 0. The first kappa shape index (κ1) is 16.5. The highest BCUT2D eigenvalue weighted by molar-refractivity contribution is 6.04. The SMILES string of the molecule is Cc1ccc(/C=C/C(=O)N(c2ccccc2)C2CCCCC2)cc1. The van der Waals surface area contributed by atoms with Crippen LogP contribution in [0.2, 0.25) is 0 Å². The van der Waals surface area contributed by atoms with Crippen molar-refractivity contribution in [3.8, 4) is 0 Å². The largest absolute Gasteiger partial charge is 0.306 e. The molecule has 2 aromatic rings. The minimum absolute atomic E-state index is 0.0775. The van der Waals surface area contributed by atoms with Crippen LogP contribution in [0.1, 0.15) is 43.2 Å². The Morgan fingerprint density at radius 2 is 1.62 bits per heavy atom. The molecule has 0 bridgehead atoms. The van der Waals surface area contributed by atoms with E-state index in [1.54, 1.807) is 6.08 Å². The zero-order chi connectivity index (χ0) is 16.8. The predicted octanol–water partition coefficient (Wildman–Crippen LogP) is 5.37. The first-order valence-electron chi connectivity index (χ1n) is 8.87. The summed E-state index contributed by atoms with van der Waals surface area (Å²) in [5.74, 6) is 0.0775. The molecule has 124 valence electrons. The third kappa shape index (κ3) is 4.14. The van der Waals surface area contributed by atoms with Crippen molar-refractivity contribution in [2.24, 2.45) is 0 Å². The molecule has 1 fully saturated rings. The maximum absolute atomic E-state index is 12.9. The molecule has 1 amide bonds. The molecule has 0 atom stereocenters. The molecule has 2 nitrogen and oxygen atoms in total. The van der Waals surface area contributed by atoms with Crippen LogP contribution in [-0.2, 0) is 4.79 Å². The van der Waals surface area contributed by atoms with Crippen molar-refractivity contribution in [2.45, 2.75) is 45.1 Å². The Labute approximate surface area is 144 Å². The lowest BCUT2D eigenvalue weighted by Gasteiger charge is -2.33. The standard InChI is InChI=1S/C22H25NO/c1-18-12-14-19(15-13-18)16-17-22(24)23(20-8-4-2-5-9-20)21-10-6-3-7-11-21/h2,4-5,8-9,12-17,21H,3,6-7,10-11H2,1H3/b17-16+. The molecule has 0 aromatic heterocycles. The molecule has 0 N–H and O–H groups in total. The van der Waals surface area contributed by atoms with Crippen LogP contribution in [0, 0.1) is 6.92 Å². The molecule has 24 heavy (non-hydrogen) atoms. The van der Waals surface area contributed by atoms with E-state index in [9.17, 15) is 4.79 Å². The molecular weight excluding hydrogens is 294 g/mol. The molecule has 0 radical (unpaired) electrons. The zero-order valence-corrected chi connectivity index (χ0v) is 14.3. The van der Waals surface area contributed by atoms with Crippen molar-refractivity contribution >= 4 is 17.7 Å². The predicted molar refractivity (Wildman–Crippen MR) is 101 cm³/mol. The second-order valence-electron chi connectivity index (χ2n) is 6.58. The van der Waals surface area contributed by atoms with Crippen molar-refractivity contribution < 1.29 is 4.79 Å². The molecule has 2 aromatic carbocycles. The lowest BCUT2D eigenvalue weighted by Crippen LogP contribution is -2.40. The topological polar surface area (TPSA) is 20.3 Å².